The van der Waals surface area contributed by atoms with Crippen molar-refractivity contribution in [1.82, 2.24) is 10.3 Å². The van der Waals surface area contributed by atoms with Gasteiger partial charge in [0.1, 0.15) is 0 Å². The fourth-order valence-corrected chi connectivity index (χ4v) is 4.34. The SMILES string of the molecule is CCc1cc(C2CC=C(CNCc3ccccc3)S2)c(C)[nH]c1=O. The second-order valence-electron chi connectivity index (χ2n) is 6.16. The number of aromatic amines is 1. The third-order valence-electron chi connectivity index (χ3n) is 4.41. The molecule has 1 aromatic heterocycles. The van der Waals surface area contributed by atoms with Crippen LogP contribution in [0.15, 0.2) is 52.2 Å². The van der Waals surface area contributed by atoms with Gasteiger partial charge in [-0.1, -0.05) is 43.3 Å². The predicted octanol–water partition coefficient (Wildman–Crippen LogP) is 4.10. The summed E-state index contributed by atoms with van der Waals surface area (Å²) in [5.74, 6) is 0. The lowest BCUT2D eigenvalue weighted by Gasteiger charge is -2.15. The largest absolute Gasteiger partial charge is 0.326 e. The molecule has 1 aromatic carbocycles. The van der Waals surface area contributed by atoms with Crippen molar-refractivity contribution in [3.8, 4) is 0 Å². The second-order valence-corrected chi connectivity index (χ2v) is 7.49. The van der Waals surface area contributed by atoms with Crippen molar-refractivity contribution >= 4 is 11.8 Å². The highest BCUT2D eigenvalue weighted by Gasteiger charge is 2.22. The van der Waals surface area contributed by atoms with Crippen LogP contribution >= 0.6 is 11.8 Å². The average molecular weight is 340 g/mol. The summed E-state index contributed by atoms with van der Waals surface area (Å²) < 4.78 is 0. The summed E-state index contributed by atoms with van der Waals surface area (Å²) in [6, 6.07) is 12.6. The first-order valence-electron chi connectivity index (χ1n) is 8.50. The van der Waals surface area contributed by atoms with Crippen molar-refractivity contribution in [2.24, 2.45) is 0 Å². The molecule has 4 heteroatoms. The summed E-state index contributed by atoms with van der Waals surface area (Å²) in [7, 11) is 0. The van der Waals surface area contributed by atoms with Gasteiger partial charge in [-0.2, -0.15) is 0 Å². The summed E-state index contributed by atoms with van der Waals surface area (Å²) in [6.07, 6.45) is 4.13. The molecule has 3 nitrogen and oxygen atoms in total. The zero-order chi connectivity index (χ0) is 16.9. The van der Waals surface area contributed by atoms with Crippen LogP contribution in [0.5, 0.6) is 0 Å². The number of thioether (sulfide) groups is 1. The van der Waals surface area contributed by atoms with Gasteiger partial charge in [0.25, 0.3) is 5.56 Å². The highest BCUT2D eigenvalue weighted by atomic mass is 32.2. The van der Waals surface area contributed by atoms with Gasteiger partial charge in [0.15, 0.2) is 0 Å². The third-order valence-corrected chi connectivity index (χ3v) is 5.75. The molecule has 0 radical (unpaired) electrons. The number of allylic oxidation sites excluding steroid dienone is 1. The fraction of sp³-hybridized carbons (Fsp3) is 0.350. The smallest absolute Gasteiger partial charge is 0.251 e. The van der Waals surface area contributed by atoms with Crippen LogP contribution in [-0.4, -0.2) is 11.5 Å². The average Bonchev–Trinajstić information content (AvgIpc) is 3.04. The van der Waals surface area contributed by atoms with Gasteiger partial charge in [-0.3, -0.25) is 4.79 Å². The Labute approximate surface area is 147 Å². The van der Waals surface area contributed by atoms with Crippen molar-refractivity contribution in [3.05, 3.63) is 80.1 Å². The lowest BCUT2D eigenvalue weighted by molar-refractivity contribution is 0.755. The van der Waals surface area contributed by atoms with Crippen LogP contribution in [0.3, 0.4) is 0 Å². The van der Waals surface area contributed by atoms with E-state index in [0.29, 0.717) is 5.25 Å². The number of hydrogen-bond acceptors (Lipinski definition) is 3. The van der Waals surface area contributed by atoms with E-state index in [1.54, 1.807) is 0 Å². The Morgan fingerprint density at radius 2 is 2.04 bits per heavy atom. The first-order chi connectivity index (χ1) is 11.7. The van der Waals surface area contributed by atoms with E-state index < -0.39 is 0 Å². The summed E-state index contributed by atoms with van der Waals surface area (Å²) in [5.41, 5.74) is 4.51. The van der Waals surface area contributed by atoms with E-state index >= 15 is 0 Å². The maximum absolute atomic E-state index is 11.9. The number of aromatic nitrogens is 1. The predicted molar refractivity (Wildman–Crippen MR) is 102 cm³/mol. The molecule has 1 unspecified atom stereocenters. The quantitative estimate of drug-likeness (QED) is 0.832. The Hall–Kier alpha value is -1.78. The summed E-state index contributed by atoms with van der Waals surface area (Å²) in [6.45, 7) is 5.82. The zero-order valence-electron chi connectivity index (χ0n) is 14.3. The van der Waals surface area contributed by atoms with Crippen LogP contribution in [0.1, 0.15) is 41.0 Å². The van der Waals surface area contributed by atoms with Gasteiger partial charge >= 0.3 is 0 Å². The van der Waals surface area contributed by atoms with Crippen LogP contribution in [0.25, 0.3) is 0 Å². The molecule has 0 saturated heterocycles. The van der Waals surface area contributed by atoms with Gasteiger partial charge in [0.2, 0.25) is 0 Å². The van der Waals surface area contributed by atoms with Gasteiger partial charge in [-0.25, -0.2) is 0 Å². The molecule has 3 rings (SSSR count). The minimum Gasteiger partial charge on any atom is -0.326 e. The minimum absolute atomic E-state index is 0.0551. The lowest BCUT2D eigenvalue weighted by atomic mass is 10.0. The van der Waals surface area contributed by atoms with Crippen LogP contribution in [0.2, 0.25) is 0 Å². The lowest BCUT2D eigenvalue weighted by Crippen LogP contribution is -2.16. The topological polar surface area (TPSA) is 44.9 Å². The molecule has 1 aliphatic heterocycles. The van der Waals surface area contributed by atoms with Crippen molar-refractivity contribution in [2.75, 3.05) is 6.54 Å². The fourth-order valence-electron chi connectivity index (χ4n) is 3.03. The summed E-state index contributed by atoms with van der Waals surface area (Å²) in [4.78, 5) is 16.3. The normalized spacial score (nSPS) is 17.1. The monoisotopic (exact) mass is 340 g/mol. The molecule has 2 heterocycles. The first-order valence-corrected chi connectivity index (χ1v) is 9.38. The van der Waals surface area contributed by atoms with Crippen molar-refractivity contribution in [1.29, 1.82) is 0 Å². The van der Waals surface area contributed by atoms with Gasteiger partial charge in [0, 0.05) is 29.6 Å². The molecule has 0 amide bonds. The Morgan fingerprint density at radius 1 is 1.25 bits per heavy atom. The Balaban J connectivity index is 1.58. The van der Waals surface area contributed by atoms with Gasteiger partial charge < -0.3 is 10.3 Å². The van der Waals surface area contributed by atoms with Crippen molar-refractivity contribution < 1.29 is 0 Å². The van der Waals surface area contributed by atoms with E-state index in [9.17, 15) is 4.79 Å². The molecule has 1 aliphatic rings. The number of nitrogens with one attached hydrogen (secondary N) is 2. The molecule has 1 atom stereocenters. The van der Waals surface area contributed by atoms with E-state index in [-0.39, 0.29) is 5.56 Å². The molecule has 126 valence electrons. The summed E-state index contributed by atoms with van der Waals surface area (Å²) >= 11 is 1.91. The van der Waals surface area contributed by atoms with Crippen LogP contribution < -0.4 is 10.9 Å². The molecule has 2 N–H and O–H groups in total. The maximum atomic E-state index is 11.9. The van der Waals surface area contributed by atoms with E-state index in [1.807, 2.05) is 31.7 Å². The highest BCUT2D eigenvalue weighted by Crippen LogP contribution is 2.44. The Morgan fingerprint density at radius 3 is 2.79 bits per heavy atom. The Kier molecular flexibility index (Phi) is 5.59. The van der Waals surface area contributed by atoms with E-state index in [0.717, 1.165) is 37.2 Å². The number of H-pyrrole nitrogens is 1. The van der Waals surface area contributed by atoms with Gasteiger partial charge in [0.05, 0.1) is 0 Å². The van der Waals surface area contributed by atoms with Crippen LogP contribution in [0, 0.1) is 6.92 Å². The molecule has 0 aliphatic carbocycles. The molecular weight excluding hydrogens is 316 g/mol. The van der Waals surface area contributed by atoms with E-state index in [2.05, 4.69) is 46.7 Å². The van der Waals surface area contributed by atoms with Gasteiger partial charge in [-0.05, 0) is 41.9 Å². The Bertz CT molecular complexity index is 780. The molecule has 0 spiro atoms. The van der Waals surface area contributed by atoms with E-state index in [1.165, 1.54) is 16.0 Å². The molecular formula is C20H24N2OS. The number of benzene rings is 1. The number of hydrogen-bond donors (Lipinski definition) is 2. The van der Waals surface area contributed by atoms with Crippen molar-refractivity contribution in [2.45, 2.75) is 38.5 Å². The highest BCUT2D eigenvalue weighted by molar-refractivity contribution is 8.03. The first kappa shape index (κ1) is 17.1. The standard InChI is InChI=1S/C20H24N2OS/c1-3-16-11-18(14(2)22-20(16)23)19-10-9-17(24-19)13-21-12-15-7-5-4-6-8-15/h4-9,11,19,21H,3,10,12-13H2,1-2H3,(H,22,23). The zero-order valence-corrected chi connectivity index (χ0v) is 15.1. The van der Waals surface area contributed by atoms with Crippen LogP contribution in [0.4, 0.5) is 0 Å². The van der Waals surface area contributed by atoms with Gasteiger partial charge in [-0.15, -0.1) is 11.8 Å². The second kappa shape index (κ2) is 7.86. The number of rotatable bonds is 6. The van der Waals surface area contributed by atoms with E-state index in [4.69, 9.17) is 0 Å². The van der Waals surface area contributed by atoms with Crippen molar-refractivity contribution in [3.63, 3.8) is 0 Å². The number of pyridine rings is 1. The summed E-state index contributed by atoms with van der Waals surface area (Å²) in [5, 5.41) is 3.93. The third kappa shape index (κ3) is 4.00. The maximum Gasteiger partial charge on any atom is 0.251 e. The molecule has 0 saturated carbocycles. The minimum atomic E-state index is 0.0551. The molecule has 0 fully saturated rings. The molecule has 2 aromatic rings. The molecule has 0 bridgehead atoms. The molecule has 24 heavy (non-hydrogen) atoms. The number of aryl methyl sites for hydroxylation is 2. The van der Waals surface area contributed by atoms with Crippen LogP contribution in [-0.2, 0) is 13.0 Å².